The third kappa shape index (κ3) is 3.61. The van der Waals surface area contributed by atoms with E-state index in [9.17, 15) is 0 Å². The molecule has 1 aromatic rings. The zero-order valence-corrected chi connectivity index (χ0v) is 16.7. The molecule has 6 heteroatoms. The van der Waals surface area contributed by atoms with Crippen LogP contribution in [-0.2, 0) is 9.31 Å². The second kappa shape index (κ2) is 6.75. The van der Waals surface area contributed by atoms with Crippen LogP contribution in [0.3, 0.4) is 0 Å². The standard InChI is InChI=1S/C20H30BFN2O2/c1-13-7-8-16(14(2)9-13)17(12-24-10-15(23)11-24)18(22)21-25-19(3,4)20(5,6)26-21/h7-9,15H,10-12,23H2,1-6H3. The number of hydrogen-bond acceptors (Lipinski definition) is 4. The zero-order chi connectivity index (χ0) is 19.3. The lowest BCUT2D eigenvalue weighted by molar-refractivity contribution is 0.00578. The first-order chi connectivity index (χ1) is 12.0. The van der Waals surface area contributed by atoms with Crippen LogP contribution in [0.4, 0.5) is 4.39 Å². The normalized spacial score (nSPS) is 23.8. The van der Waals surface area contributed by atoms with Crippen LogP contribution in [0.25, 0.3) is 5.57 Å². The lowest BCUT2D eigenvalue weighted by Crippen LogP contribution is -2.55. The minimum Gasteiger partial charge on any atom is -0.398 e. The number of likely N-dealkylation sites (tertiary alicyclic amines) is 1. The summed E-state index contributed by atoms with van der Waals surface area (Å²) < 4.78 is 27.5. The van der Waals surface area contributed by atoms with Crippen molar-refractivity contribution in [2.45, 2.75) is 58.8 Å². The van der Waals surface area contributed by atoms with Crippen LogP contribution >= 0.6 is 0 Å². The summed E-state index contributed by atoms with van der Waals surface area (Å²) in [6.45, 7) is 13.9. The molecule has 142 valence electrons. The number of halogens is 1. The Kier molecular flexibility index (Phi) is 5.08. The summed E-state index contributed by atoms with van der Waals surface area (Å²) in [5, 5.41) is 0. The largest absolute Gasteiger partial charge is 0.525 e. The summed E-state index contributed by atoms with van der Waals surface area (Å²) in [5.41, 5.74) is 8.18. The van der Waals surface area contributed by atoms with Gasteiger partial charge in [-0.15, -0.1) is 0 Å². The van der Waals surface area contributed by atoms with Crippen molar-refractivity contribution in [3.8, 4) is 0 Å². The van der Waals surface area contributed by atoms with Crippen LogP contribution in [0.1, 0.15) is 44.4 Å². The lowest BCUT2D eigenvalue weighted by Gasteiger charge is -2.37. The highest BCUT2D eigenvalue weighted by Crippen LogP contribution is 2.40. The highest BCUT2D eigenvalue weighted by Gasteiger charge is 2.53. The molecule has 0 radical (unpaired) electrons. The molecule has 0 aliphatic carbocycles. The van der Waals surface area contributed by atoms with Crippen molar-refractivity contribution < 1.29 is 13.7 Å². The number of hydrogen-bond donors (Lipinski definition) is 1. The smallest absolute Gasteiger partial charge is 0.398 e. The number of aryl methyl sites for hydroxylation is 2. The average molecular weight is 360 g/mol. The van der Waals surface area contributed by atoms with Gasteiger partial charge >= 0.3 is 7.12 Å². The molecular weight excluding hydrogens is 330 g/mol. The molecule has 3 rings (SSSR count). The van der Waals surface area contributed by atoms with E-state index in [1.54, 1.807) is 0 Å². The summed E-state index contributed by atoms with van der Waals surface area (Å²) in [6.07, 6.45) is 0. The van der Waals surface area contributed by atoms with Gasteiger partial charge in [0.2, 0.25) is 0 Å². The SMILES string of the molecule is Cc1ccc(C(CN2CC(N)C2)=C(F)B2OC(C)(C)C(C)(C)O2)c(C)c1. The van der Waals surface area contributed by atoms with Gasteiger partial charge in [-0.05, 0) is 52.7 Å². The molecule has 2 heterocycles. The van der Waals surface area contributed by atoms with E-state index >= 15 is 4.39 Å². The van der Waals surface area contributed by atoms with Crippen molar-refractivity contribution in [3.63, 3.8) is 0 Å². The van der Waals surface area contributed by atoms with Crippen LogP contribution < -0.4 is 5.73 Å². The molecule has 2 aliphatic heterocycles. The molecule has 0 aromatic heterocycles. The fourth-order valence-corrected chi connectivity index (χ4v) is 3.49. The van der Waals surface area contributed by atoms with E-state index < -0.39 is 18.3 Å². The zero-order valence-electron chi connectivity index (χ0n) is 16.7. The Morgan fingerprint density at radius 2 is 1.77 bits per heavy atom. The van der Waals surface area contributed by atoms with Gasteiger partial charge in [0, 0.05) is 31.2 Å². The number of nitrogens with zero attached hydrogens (tertiary/aromatic N) is 1. The van der Waals surface area contributed by atoms with Gasteiger partial charge in [0.1, 0.15) is 5.73 Å². The van der Waals surface area contributed by atoms with E-state index in [1.165, 1.54) is 0 Å². The molecular formula is C20H30BFN2O2. The Morgan fingerprint density at radius 3 is 2.27 bits per heavy atom. The molecule has 0 atom stereocenters. The van der Waals surface area contributed by atoms with Crippen LogP contribution in [0, 0.1) is 13.8 Å². The fraction of sp³-hybridized carbons (Fsp3) is 0.600. The van der Waals surface area contributed by atoms with Gasteiger partial charge in [-0.2, -0.15) is 0 Å². The van der Waals surface area contributed by atoms with Crippen LogP contribution in [-0.4, -0.2) is 48.9 Å². The number of benzene rings is 1. The highest BCUT2D eigenvalue weighted by atomic mass is 19.1. The Balaban J connectivity index is 1.97. The van der Waals surface area contributed by atoms with Gasteiger partial charge in [-0.1, -0.05) is 23.8 Å². The maximum Gasteiger partial charge on any atom is 0.525 e. The van der Waals surface area contributed by atoms with Gasteiger partial charge in [0.15, 0.2) is 0 Å². The fourth-order valence-electron chi connectivity index (χ4n) is 3.49. The second-order valence-corrected chi connectivity index (χ2v) is 8.69. The summed E-state index contributed by atoms with van der Waals surface area (Å²) in [6, 6.07) is 6.26. The molecule has 0 spiro atoms. The molecule has 2 fully saturated rings. The monoisotopic (exact) mass is 360 g/mol. The predicted octanol–water partition coefficient (Wildman–Crippen LogP) is 3.26. The first-order valence-electron chi connectivity index (χ1n) is 9.30. The lowest BCUT2D eigenvalue weighted by atomic mass is 9.81. The first-order valence-corrected chi connectivity index (χ1v) is 9.30. The molecule has 0 amide bonds. The van der Waals surface area contributed by atoms with Crippen molar-refractivity contribution in [2.24, 2.45) is 5.73 Å². The predicted molar refractivity (Wildman–Crippen MR) is 104 cm³/mol. The van der Waals surface area contributed by atoms with Gasteiger partial charge in [0.25, 0.3) is 0 Å². The maximum atomic E-state index is 15.6. The Morgan fingerprint density at radius 1 is 1.19 bits per heavy atom. The molecule has 0 unspecified atom stereocenters. The Bertz CT molecular complexity index is 711. The quantitative estimate of drug-likeness (QED) is 0.838. The third-order valence-corrected chi connectivity index (χ3v) is 5.82. The van der Waals surface area contributed by atoms with Crippen molar-refractivity contribution in [1.29, 1.82) is 0 Å². The topological polar surface area (TPSA) is 47.7 Å². The number of rotatable bonds is 4. The molecule has 4 nitrogen and oxygen atoms in total. The van der Waals surface area contributed by atoms with E-state index in [1.807, 2.05) is 53.7 Å². The Labute approximate surface area is 156 Å². The minimum absolute atomic E-state index is 0.176. The molecule has 0 bridgehead atoms. The van der Waals surface area contributed by atoms with Crippen LogP contribution in [0.2, 0.25) is 0 Å². The van der Waals surface area contributed by atoms with Crippen LogP contribution in [0.5, 0.6) is 0 Å². The van der Waals surface area contributed by atoms with Gasteiger partial charge < -0.3 is 15.0 Å². The van der Waals surface area contributed by atoms with Gasteiger partial charge in [-0.3, -0.25) is 4.90 Å². The van der Waals surface area contributed by atoms with Crippen molar-refractivity contribution in [1.82, 2.24) is 4.90 Å². The van der Waals surface area contributed by atoms with Crippen molar-refractivity contribution in [2.75, 3.05) is 19.6 Å². The first kappa shape index (κ1) is 19.6. The summed E-state index contributed by atoms with van der Waals surface area (Å²) in [7, 11) is -0.981. The highest BCUT2D eigenvalue weighted by molar-refractivity contribution is 6.55. The summed E-state index contributed by atoms with van der Waals surface area (Å²) in [4.78, 5) is 2.16. The van der Waals surface area contributed by atoms with Crippen molar-refractivity contribution in [3.05, 3.63) is 40.6 Å². The summed E-state index contributed by atoms with van der Waals surface area (Å²) in [5.74, 6) is 0. The van der Waals surface area contributed by atoms with E-state index in [0.29, 0.717) is 12.1 Å². The van der Waals surface area contributed by atoms with E-state index in [0.717, 1.165) is 29.8 Å². The minimum atomic E-state index is -0.981. The van der Waals surface area contributed by atoms with Crippen molar-refractivity contribution >= 4 is 12.7 Å². The average Bonchev–Trinajstić information content (AvgIpc) is 2.71. The van der Waals surface area contributed by atoms with Crippen LogP contribution in [0.15, 0.2) is 23.9 Å². The third-order valence-electron chi connectivity index (χ3n) is 5.82. The molecule has 0 saturated carbocycles. The van der Waals surface area contributed by atoms with Gasteiger partial charge in [-0.25, -0.2) is 4.39 Å². The molecule has 26 heavy (non-hydrogen) atoms. The summed E-state index contributed by atoms with van der Waals surface area (Å²) >= 11 is 0. The van der Waals surface area contributed by atoms with Gasteiger partial charge in [0.05, 0.1) is 11.2 Å². The molecule has 1 aromatic carbocycles. The van der Waals surface area contributed by atoms with E-state index in [4.69, 9.17) is 15.0 Å². The molecule has 2 aliphatic rings. The second-order valence-electron chi connectivity index (χ2n) is 8.69. The maximum absolute atomic E-state index is 15.6. The molecule has 2 N–H and O–H groups in total. The van der Waals surface area contributed by atoms with E-state index in [-0.39, 0.29) is 11.8 Å². The molecule has 2 saturated heterocycles. The van der Waals surface area contributed by atoms with E-state index in [2.05, 4.69) is 11.0 Å². The Hall–Kier alpha value is -1.21. The number of nitrogens with two attached hydrogens (primary N) is 1.